The molecule has 1 aliphatic rings. The summed E-state index contributed by atoms with van der Waals surface area (Å²) < 4.78 is 2.11. The highest BCUT2D eigenvalue weighted by Crippen LogP contribution is 2.19. The largest absolute Gasteiger partial charge is 0.308 e. The highest BCUT2D eigenvalue weighted by Gasteiger charge is 2.20. The van der Waals surface area contributed by atoms with E-state index in [0.29, 0.717) is 6.04 Å². The minimum Gasteiger partial charge on any atom is -0.308 e. The Morgan fingerprint density at radius 3 is 2.80 bits per heavy atom. The van der Waals surface area contributed by atoms with Crippen LogP contribution in [0.1, 0.15) is 51.3 Å². The zero-order valence-corrected chi connectivity index (χ0v) is 9.74. The van der Waals surface area contributed by atoms with Gasteiger partial charge in [0, 0.05) is 18.8 Å². The molecule has 15 heavy (non-hydrogen) atoms. The summed E-state index contributed by atoms with van der Waals surface area (Å²) in [6, 6.07) is 3.47. The van der Waals surface area contributed by atoms with E-state index in [4.69, 9.17) is 0 Å². The standard InChI is InChI=1S/C12H21N3/c1-3-12(4-2)15-8-7-11(14-15)9-13-10-5-6-10/h7-8,10,12-13H,3-6,9H2,1-2H3. The molecule has 1 aromatic rings. The fourth-order valence-electron chi connectivity index (χ4n) is 1.87. The van der Waals surface area contributed by atoms with E-state index in [2.05, 4.69) is 41.2 Å². The molecule has 0 bridgehead atoms. The SMILES string of the molecule is CCC(CC)n1ccc(CNC2CC2)n1. The Bertz CT molecular complexity index is 298. The molecule has 0 spiro atoms. The first-order valence-electron chi connectivity index (χ1n) is 6.11. The Hall–Kier alpha value is -0.830. The van der Waals surface area contributed by atoms with Crippen molar-refractivity contribution in [1.29, 1.82) is 0 Å². The van der Waals surface area contributed by atoms with Gasteiger partial charge < -0.3 is 5.32 Å². The fourth-order valence-corrected chi connectivity index (χ4v) is 1.87. The number of nitrogens with one attached hydrogen (secondary N) is 1. The van der Waals surface area contributed by atoms with Gasteiger partial charge in [-0.1, -0.05) is 13.8 Å². The lowest BCUT2D eigenvalue weighted by molar-refractivity contribution is 0.424. The molecule has 0 aromatic carbocycles. The highest BCUT2D eigenvalue weighted by molar-refractivity contribution is 5.00. The van der Waals surface area contributed by atoms with Crippen LogP contribution in [0.3, 0.4) is 0 Å². The molecule has 1 aromatic heterocycles. The topological polar surface area (TPSA) is 29.9 Å². The van der Waals surface area contributed by atoms with E-state index in [1.807, 2.05) is 0 Å². The molecule has 0 radical (unpaired) electrons. The van der Waals surface area contributed by atoms with Crippen LogP contribution in [0, 0.1) is 0 Å². The fraction of sp³-hybridized carbons (Fsp3) is 0.750. The third-order valence-corrected chi connectivity index (χ3v) is 3.13. The maximum atomic E-state index is 4.61. The van der Waals surface area contributed by atoms with Gasteiger partial charge in [0.05, 0.1) is 11.7 Å². The van der Waals surface area contributed by atoms with Crippen LogP contribution in [0.5, 0.6) is 0 Å². The highest BCUT2D eigenvalue weighted by atomic mass is 15.3. The lowest BCUT2D eigenvalue weighted by Crippen LogP contribution is -2.16. The second kappa shape index (κ2) is 4.79. The minimum absolute atomic E-state index is 0.569. The van der Waals surface area contributed by atoms with Crippen molar-refractivity contribution >= 4 is 0 Å². The zero-order chi connectivity index (χ0) is 10.7. The van der Waals surface area contributed by atoms with Crippen molar-refractivity contribution in [3.05, 3.63) is 18.0 Å². The first kappa shape index (κ1) is 10.7. The van der Waals surface area contributed by atoms with Crippen molar-refractivity contribution in [2.45, 2.75) is 58.2 Å². The smallest absolute Gasteiger partial charge is 0.0762 e. The van der Waals surface area contributed by atoms with Crippen molar-refractivity contribution in [2.75, 3.05) is 0 Å². The van der Waals surface area contributed by atoms with Gasteiger partial charge in [0.25, 0.3) is 0 Å². The lowest BCUT2D eigenvalue weighted by atomic mass is 10.2. The molecule has 0 amide bonds. The maximum Gasteiger partial charge on any atom is 0.0762 e. The molecule has 0 saturated heterocycles. The Morgan fingerprint density at radius 1 is 1.47 bits per heavy atom. The molecule has 2 rings (SSSR count). The van der Waals surface area contributed by atoms with Crippen LogP contribution in [0.4, 0.5) is 0 Å². The van der Waals surface area contributed by atoms with Crippen molar-refractivity contribution in [2.24, 2.45) is 0 Å². The predicted octanol–water partition coefficient (Wildman–Crippen LogP) is 2.50. The van der Waals surface area contributed by atoms with Gasteiger partial charge in [-0.15, -0.1) is 0 Å². The van der Waals surface area contributed by atoms with Crippen LogP contribution in [0.25, 0.3) is 0 Å². The van der Waals surface area contributed by atoms with Gasteiger partial charge in [0.1, 0.15) is 0 Å². The molecule has 84 valence electrons. The monoisotopic (exact) mass is 207 g/mol. The summed E-state index contributed by atoms with van der Waals surface area (Å²) in [6.45, 7) is 5.37. The van der Waals surface area contributed by atoms with Crippen molar-refractivity contribution in [3.8, 4) is 0 Å². The van der Waals surface area contributed by atoms with E-state index in [1.165, 1.54) is 18.5 Å². The first-order chi connectivity index (χ1) is 7.33. The maximum absolute atomic E-state index is 4.61. The van der Waals surface area contributed by atoms with Gasteiger partial charge in [0.15, 0.2) is 0 Å². The Morgan fingerprint density at radius 2 is 2.20 bits per heavy atom. The molecular formula is C12H21N3. The second-order valence-electron chi connectivity index (χ2n) is 4.41. The number of hydrogen-bond donors (Lipinski definition) is 1. The predicted molar refractivity (Wildman–Crippen MR) is 61.7 cm³/mol. The average molecular weight is 207 g/mol. The molecule has 3 heteroatoms. The van der Waals surface area contributed by atoms with Gasteiger partial charge in [-0.25, -0.2) is 0 Å². The molecule has 1 saturated carbocycles. The Balaban J connectivity index is 1.89. The van der Waals surface area contributed by atoms with Gasteiger partial charge in [0.2, 0.25) is 0 Å². The number of aromatic nitrogens is 2. The number of nitrogens with zero attached hydrogens (tertiary/aromatic N) is 2. The molecular weight excluding hydrogens is 186 g/mol. The van der Waals surface area contributed by atoms with Crippen molar-refractivity contribution in [3.63, 3.8) is 0 Å². The van der Waals surface area contributed by atoms with Gasteiger partial charge >= 0.3 is 0 Å². The van der Waals surface area contributed by atoms with Crippen LogP contribution in [0.15, 0.2) is 12.3 Å². The minimum atomic E-state index is 0.569. The zero-order valence-electron chi connectivity index (χ0n) is 9.74. The average Bonchev–Trinajstić information content (AvgIpc) is 2.97. The van der Waals surface area contributed by atoms with E-state index in [9.17, 15) is 0 Å². The van der Waals surface area contributed by atoms with Gasteiger partial charge in [-0.3, -0.25) is 4.68 Å². The third kappa shape index (κ3) is 2.81. The van der Waals surface area contributed by atoms with Gasteiger partial charge in [-0.2, -0.15) is 5.10 Å². The first-order valence-corrected chi connectivity index (χ1v) is 6.11. The summed E-state index contributed by atoms with van der Waals surface area (Å²) in [5, 5.41) is 8.09. The van der Waals surface area contributed by atoms with E-state index < -0.39 is 0 Å². The normalized spacial score (nSPS) is 16.2. The van der Waals surface area contributed by atoms with Crippen LogP contribution in [-0.4, -0.2) is 15.8 Å². The van der Waals surface area contributed by atoms with E-state index in [1.54, 1.807) is 0 Å². The molecule has 1 fully saturated rings. The van der Waals surface area contributed by atoms with Crippen LogP contribution in [-0.2, 0) is 6.54 Å². The van der Waals surface area contributed by atoms with Crippen LogP contribution < -0.4 is 5.32 Å². The molecule has 1 aliphatic carbocycles. The summed E-state index contributed by atoms with van der Waals surface area (Å²) in [4.78, 5) is 0. The van der Waals surface area contributed by atoms with Gasteiger partial charge in [-0.05, 0) is 31.7 Å². The third-order valence-electron chi connectivity index (χ3n) is 3.13. The molecule has 0 aliphatic heterocycles. The van der Waals surface area contributed by atoms with E-state index in [0.717, 1.165) is 25.4 Å². The van der Waals surface area contributed by atoms with Crippen LogP contribution in [0.2, 0.25) is 0 Å². The molecule has 0 unspecified atom stereocenters. The van der Waals surface area contributed by atoms with Crippen LogP contribution >= 0.6 is 0 Å². The van der Waals surface area contributed by atoms with E-state index >= 15 is 0 Å². The number of rotatable bonds is 6. The summed E-state index contributed by atoms with van der Waals surface area (Å²) in [7, 11) is 0. The Labute approximate surface area is 91.9 Å². The summed E-state index contributed by atoms with van der Waals surface area (Å²) in [5.74, 6) is 0. The second-order valence-corrected chi connectivity index (χ2v) is 4.41. The summed E-state index contributed by atoms with van der Waals surface area (Å²) >= 11 is 0. The number of hydrogen-bond acceptors (Lipinski definition) is 2. The van der Waals surface area contributed by atoms with Crippen molar-refractivity contribution in [1.82, 2.24) is 15.1 Å². The molecule has 1 heterocycles. The Kier molecular flexibility index (Phi) is 3.41. The lowest BCUT2D eigenvalue weighted by Gasteiger charge is -2.12. The molecule has 3 nitrogen and oxygen atoms in total. The molecule has 1 N–H and O–H groups in total. The molecule has 0 atom stereocenters. The summed E-state index contributed by atoms with van der Waals surface area (Å²) in [5.41, 5.74) is 1.17. The van der Waals surface area contributed by atoms with Crippen molar-refractivity contribution < 1.29 is 0 Å². The quantitative estimate of drug-likeness (QED) is 0.776. The van der Waals surface area contributed by atoms with E-state index in [-0.39, 0.29) is 0 Å². The summed E-state index contributed by atoms with van der Waals surface area (Å²) in [6.07, 6.45) is 7.11.